The molecule has 0 aliphatic carbocycles. The number of ether oxygens (including phenoxy) is 1. The number of benzene rings is 1. The molecule has 0 unspecified atom stereocenters. The molecule has 0 saturated heterocycles. The van der Waals surface area contributed by atoms with Crippen molar-refractivity contribution in [1.82, 2.24) is 0 Å². The number of terminal acetylenes is 1. The molecule has 3 nitrogen and oxygen atoms in total. The molecule has 0 aliphatic heterocycles. The van der Waals surface area contributed by atoms with Gasteiger partial charge in [-0.15, -0.1) is 12.8 Å². The van der Waals surface area contributed by atoms with Crippen LogP contribution in [0.4, 0.5) is 0 Å². The van der Waals surface area contributed by atoms with Crippen molar-refractivity contribution in [1.29, 1.82) is 0 Å². The molecule has 1 aromatic carbocycles. The highest BCUT2D eigenvalue weighted by atomic mass is 16.5. The first-order chi connectivity index (χ1) is 9.17. The summed E-state index contributed by atoms with van der Waals surface area (Å²) in [6.07, 6.45) is 8.55. The number of hydrogen-bond donors (Lipinski definition) is 2. The van der Waals surface area contributed by atoms with Crippen LogP contribution in [0.2, 0.25) is 0 Å². The highest BCUT2D eigenvalue weighted by Gasteiger charge is 2.07. The van der Waals surface area contributed by atoms with Gasteiger partial charge >= 0.3 is 0 Å². The van der Waals surface area contributed by atoms with Crippen LogP contribution >= 0.6 is 0 Å². The summed E-state index contributed by atoms with van der Waals surface area (Å²) in [7, 11) is 0. The molecular formula is C16H27NO2. The molecular weight excluding hydrogens is 238 g/mol. The maximum Gasteiger partial charge on any atom is 0.120 e. The highest BCUT2D eigenvalue weighted by molar-refractivity contribution is 5.30. The fourth-order valence-electron chi connectivity index (χ4n) is 1.25. The first-order valence-electron chi connectivity index (χ1n) is 6.65. The van der Waals surface area contributed by atoms with Gasteiger partial charge in [0.25, 0.3) is 0 Å². The van der Waals surface area contributed by atoms with E-state index < -0.39 is 6.10 Å². The summed E-state index contributed by atoms with van der Waals surface area (Å²) >= 11 is 0. The minimum absolute atomic E-state index is 0.190. The minimum atomic E-state index is -0.606. The lowest BCUT2D eigenvalue weighted by Crippen LogP contribution is -2.13. The molecule has 0 radical (unpaired) electrons. The zero-order valence-corrected chi connectivity index (χ0v) is 12.5. The van der Waals surface area contributed by atoms with Crippen LogP contribution in [0.25, 0.3) is 0 Å². The van der Waals surface area contributed by atoms with Gasteiger partial charge in [-0.2, -0.15) is 0 Å². The fraction of sp³-hybridized carbons (Fsp3) is 0.500. The molecule has 0 heterocycles. The van der Waals surface area contributed by atoms with E-state index in [4.69, 9.17) is 10.5 Å². The lowest BCUT2D eigenvalue weighted by molar-refractivity contribution is 0.184. The summed E-state index contributed by atoms with van der Waals surface area (Å²) in [6.45, 7) is 8.32. The van der Waals surface area contributed by atoms with Crippen LogP contribution < -0.4 is 10.5 Å². The van der Waals surface area contributed by atoms with E-state index in [9.17, 15) is 5.11 Å². The Hall–Kier alpha value is -1.50. The lowest BCUT2D eigenvalue weighted by atomic mass is 10.1. The van der Waals surface area contributed by atoms with Crippen molar-refractivity contribution in [3.8, 4) is 18.6 Å². The monoisotopic (exact) mass is 265 g/mol. The van der Waals surface area contributed by atoms with Crippen LogP contribution in [0.5, 0.6) is 5.75 Å². The third kappa shape index (κ3) is 8.25. The number of aliphatic hydroxyl groups is 1. The molecule has 3 N–H and O–H groups in total. The Morgan fingerprint density at radius 3 is 2.37 bits per heavy atom. The van der Waals surface area contributed by atoms with Crippen molar-refractivity contribution >= 4 is 0 Å². The lowest BCUT2D eigenvalue weighted by Gasteiger charge is -2.14. The number of aliphatic hydroxyl groups excluding tert-OH is 1. The van der Waals surface area contributed by atoms with Crippen LogP contribution in [-0.2, 0) is 0 Å². The van der Waals surface area contributed by atoms with Gasteiger partial charge in [-0.3, -0.25) is 0 Å². The number of hydrogen-bond acceptors (Lipinski definition) is 3. The zero-order valence-electron chi connectivity index (χ0n) is 12.5. The van der Waals surface area contributed by atoms with E-state index in [1.54, 1.807) is 0 Å². The Bertz CT molecular complexity index is 337. The second-order valence-electron chi connectivity index (χ2n) is 3.66. The molecule has 2 atom stereocenters. The van der Waals surface area contributed by atoms with Crippen LogP contribution in [0.15, 0.2) is 24.3 Å². The van der Waals surface area contributed by atoms with E-state index in [-0.39, 0.29) is 12.6 Å². The molecule has 1 aromatic rings. The summed E-state index contributed by atoms with van der Waals surface area (Å²) in [5.74, 6) is 0.786. The molecule has 0 spiro atoms. The average molecular weight is 265 g/mol. The molecule has 108 valence electrons. The molecule has 0 saturated carbocycles. The Morgan fingerprint density at radius 1 is 1.32 bits per heavy atom. The fourth-order valence-corrected chi connectivity index (χ4v) is 1.25. The summed E-state index contributed by atoms with van der Waals surface area (Å²) in [4.78, 5) is 0. The Labute approximate surface area is 117 Å². The van der Waals surface area contributed by atoms with E-state index in [1.807, 2.05) is 45.0 Å². The van der Waals surface area contributed by atoms with Gasteiger partial charge in [0.2, 0.25) is 0 Å². The van der Waals surface area contributed by atoms with Crippen LogP contribution in [0, 0.1) is 12.8 Å². The van der Waals surface area contributed by atoms with Crippen LogP contribution in [0.3, 0.4) is 0 Å². The topological polar surface area (TPSA) is 55.5 Å². The van der Waals surface area contributed by atoms with E-state index in [2.05, 4.69) is 19.8 Å². The van der Waals surface area contributed by atoms with Gasteiger partial charge in [0.15, 0.2) is 0 Å². The highest BCUT2D eigenvalue weighted by Crippen LogP contribution is 2.20. The molecule has 3 heteroatoms. The zero-order chi connectivity index (χ0) is 15.3. The molecule has 0 fully saturated rings. The van der Waals surface area contributed by atoms with Crippen LogP contribution in [-0.4, -0.2) is 17.8 Å². The Kier molecular flexibility index (Phi) is 13.5. The summed E-state index contributed by atoms with van der Waals surface area (Å²) < 4.78 is 5.65. The van der Waals surface area contributed by atoms with E-state index >= 15 is 0 Å². The number of rotatable bonds is 5. The SMILES string of the molecule is C#C.CC.CC[C@H](C)Oc1cccc([C@H](O)CN)c1. The first kappa shape index (κ1) is 19.8. The van der Waals surface area contributed by atoms with Gasteiger partial charge in [0.1, 0.15) is 5.75 Å². The predicted octanol–water partition coefficient (Wildman–Crippen LogP) is 3.13. The molecule has 19 heavy (non-hydrogen) atoms. The average Bonchev–Trinajstić information content (AvgIpc) is 2.50. The van der Waals surface area contributed by atoms with Crippen molar-refractivity contribution in [2.24, 2.45) is 5.73 Å². The molecule has 1 rings (SSSR count). The van der Waals surface area contributed by atoms with Crippen molar-refractivity contribution in [2.75, 3.05) is 6.54 Å². The maximum atomic E-state index is 9.56. The second-order valence-corrected chi connectivity index (χ2v) is 3.66. The smallest absolute Gasteiger partial charge is 0.120 e. The van der Waals surface area contributed by atoms with Gasteiger partial charge in [-0.1, -0.05) is 32.9 Å². The maximum absolute atomic E-state index is 9.56. The minimum Gasteiger partial charge on any atom is -0.491 e. The predicted molar refractivity (Wildman–Crippen MR) is 82.1 cm³/mol. The Morgan fingerprint density at radius 2 is 1.89 bits per heavy atom. The van der Waals surface area contributed by atoms with E-state index in [0.29, 0.717) is 0 Å². The largest absolute Gasteiger partial charge is 0.491 e. The van der Waals surface area contributed by atoms with Crippen molar-refractivity contribution in [2.45, 2.75) is 46.3 Å². The first-order valence-corrected chi connectivity index (χ1v) is 6.65. The number of nitrogens with two attached hydrogens (primary N) is 1. The van der Waals surface area contributed by atoms with Gasteiger partial charge in [-0.05, 0) is 31.0 Å². The Balaban J connectivity index is 0. The van der Waals surface area contributed by atoms with Gasteiger partial charge in [0, 0.05) is 6.54 Å². The second kappa shape index (κ2) is 12.9. The van der Waals surface area contributed by atoms with Gasteiger partial charge in [0.05, 0.1) is 12.2 Å². The van der Waals surface area contributed by atoms with Crippen LogP contribution in [0.1, 0.15) is 45.8 Å². The standard InChI is InChI=1S/C12H19NO2.C2H6.C2H2/c1-3-9(2)15-11-6-4-5-10(7-11)12(14)8-13;2*1-2/h4-7,9,12,14H,3,8,13H2,1-2H3;1-2H3;1-2H/t9-,12+;;/m0../s1. The van der Waals surface area contributed by atoms with Gasteiger partial charge in [-0.25, -0.2) is 0 Å². The summed E-state index contributed by atoms with van der Waals surface area (Å²) in [5.41, 5.74) is 6.19. The van der Waals surface area contributed by atoms with Gasteiger partial charge < -0.3 is 15.6 Å². The quantitative estimate of drug-likeness (QED) is 0.804. The van der Waals surface area contributed by atoms with E-state index in [1.165, 1.54) is 0 Å². The third-order valence-electron chi connectivity index (χ3n) is 2.38. The van der Waals surface area contributed by atoms with Crippen molar-refractivity contribution in [3.63, 3.8) is 0 Å². The van der Waals surface area contributed by atoms with Crippen molar-refractivity contribution < 1.29 is 9.84 Å². The summed E-state index contributed by atoms with van der Waals surface area (Å²) in [5, 5.41) is 9.56. The molecule has 0 bridgehead atoms. The third-order valence-corrected chi connectivity index (χ3v) is 2.38. The van der Waals surface area contributed by atoms with Crippen molar-refractivity contribution in [3.05, 3.63) is 29.8 Å². The molecule has 0 aromatic heterocycles. The van der Waals surface area contributed by atoms with E-state index in [0.717, 1.165) is 17.7 Å². The summed E-state index contributed by atoms with van der Waals surface area (Å²) in [6, 6.07) is 7.44. The molecule has 0 amide bonds. The normalized spacial score (nSPS) is 12.0. The molecule has 0 aliphatic rings.